The monoisotopic (exact) mass is 152 g/mol. The number of nitrogens with two attached hydrogens (primary N) is 2. The van der Waals surface area contributed by atoms with Crippen molar-refractivity contribution in [2.75, 3.05) is 7.05 Å². The molecular formula is C4H13ClN4. The number of aliphatic imine (C=N–C) groups is 1. The second kappa shape index (κ2) is 5.65. The number of hydrogen-bond donors (Lipinski definition) is 3. The summed E-state index contributed by atoms with van der Waals surface area (Å²) in [6.45, 7) is 1.86. The highest BCUT2D eigenvalue weighted by atomic mass is 35.5. The molecule has 0 aliphatic rings. The van der Waals surface area contributed by atoms with Gasteiger partial charge in [-0.05, 0) is 14.0 Å². The van der Waals surface area contributed by atoms with E-state index >= 15 is 0 Å². The van der Waals surface area contributed by atoms with Crippen molar-refractivity contribution in [1.82, 2.24) is 5.32 Å². The Hall–Kier alpha value is -0.480. The molecule has 0 aromatic heterocycles. The van der Waals surface area contributed by atoms with Crippen molar-refractivity contribution in [3.8, 4) is 0 Å². The van der Waals surface area contributed by atoms with Crippen molar-refractivity contribution in [3.63, 3.8) is 0 Å². The molecule has 0 aliphatic heterocycles. The first kappa shape index (κ1) is 11.3. The van der Waals surface area contributed by atoms with Crippen LogP contribution in [0.5, 0.6) is 0 Å². The molecule has 0 bridgehead atoms. The van der Waals surface area contributed by atoms with Gasteiger partial charge >= 0.3 is 0 Å². The van der Waals surface area contributed by atoms with Gasteiger partial charge in [-0.25, -0.2) is 4.99 Å². The summed E-state index contributed by atoms with van der Waals surface area (Å²) in [6.07, 6.45) is 0.0139. The summed E-state index contributed by atoms with van der Waals surface area (Å²) in [7, 11) is 1.79. The highest BCUT2D eigenvalue weighted by Crippen LogP contribution is 1.76. The number of halogens is 1. The minimum absolute atomic E-state index is 0. The molecule has 0 amide bonds. The molecule has 0 aliphatic carbocycles. The molecule has 1 atom stereocenters. The van der Waals surface area contributed by atoms with Gasteiger partial charge in [0.2, 0.25) is 0 Å². The smallest absolute Gasteiger partial charge is 0.187 e. The fourth-order valence-corrected chi connectivity index (χ4v) is 0.288. The van der Waals surface area contributed by atoms with Crippen molar-refractivity contribution >= 4 is 18.4 Å². The van der Waals surface area contributed by atoms with Gasteiger partial charge in [0.15, 0.2) is 5.96 Å². The van der Waals surface area contributed by atoms with E-state index in [0.29, 0.717) is 0 Å². The first-order valence-corrected chi connectivity index (χ1v) is 2.43. The van der Waals surface area contributed by atoms with Crippen LogP contribution in [0.3, 0.4) is 0 Å². The fraction of sp³-hybridized carbons (Fsp3) is 0.750. The molecular weight excluding hydrogens is 140 g/mol. The third-order valence-corrected chi connectivity index (χ3v) is 0.760. The van der Waals surface area contributed by atoms with Crippen LogP contribution < -0.4 is 16.8 Å². The normalized spacial score (nSPS) is 11.3. The van der Waals surface area contributed by atoms with E-state index in [-0.39, 0.29) is 24.5 Å². The molecule has 9 heavy (non-hydrogen) atoms. The minimum atomic E-state index is 0. The molecule has 56 valence electrons. The lowest BCUT2D eigenvalue weighted by molar-refractivity contribution is 0.640. The Bertz CT molecular complexity index is 88.6. The quantitative estimate of drug-likeness (QED) is 0.360. The van der Waals surface area contributed by atoms with Crippen LogP contribution in [0.15, 0.2) is 4.99 Å². The average Bonchev–Trinajstić information content (AvgIpc) is 1.65. The van der Waals surface area contributed by atoms with Crippen molar-refractivity contribution in [2.45, 2.75) is 13.1 Å². The molecule has 5 heteroatoms. The van der Waals surface area contributed by atoms with E-state index in [1.807, 2.05) is 6.92 Å². The molecule has 5 N–H and O–H groups in total. The second-order valence-electron chi connectivity index (χ2n) is 1.52. The van der Waals surface area contributed by atoms with Crippen LogP contribution in [0.2, 0.25) is 0 Å². The van der Waals surface area contributed by atoms with E-state index in [0.717, 1.165) is 0 Å². The van der Waals surface area contributed by atoms with Crippen molar-refractivity contribution in [2.24, 2.45) is 16.5 Å². The molecule has 0 saturated heterocycles. The van der Waals surface area contributed by atoms with Crippen LogP contribution in [0, 0.1) is 0 Å². The zero-order valence-electron chi connectivity index (χ0n) is 5.59. The summed E-state index contributed by atoms with van der Waals surface area (Å²) in [6, 6.07) is 0. The Morgan fingerprint density at radius 3 is 2.11 bits per heavy atom. The fourth-order valence-electron chi connectivity index (χ4n) is 0.288. The van der Waals surface area contributed by atoms with Crippen LogP contribution in [0.25, 0.3) is 0 Å². The molecule has 4 nitrogen and oxygen atoms in total. The van der Waals surface area contributed by atoms with E-state index < -0.39 is 0 Å². The van der Waals surface area contributed by atoms with Crippen LogP contribution in [-0.2, 0) is 0 Å². The summed E-state index contributed by atoms with van der Waals surface area (Å²) < 4.78 is 0. The van der Waals surface area contributed by atoms with Crippen molar-refractivity contribution in [3.05, 3.63) is 0 Å². The minimum Gasteiger partial charge on any atom is -0.370 e. The van der Waals surface area contributed by atoms with E-state index in [9.17, 15) is 0 Å². The first-order valence-electron chi connectivity index (χ1n) is 2.43. The van der Waals surface area contributed by atoms with E-state index in [2.05, 4.69) is 10.3 Å². The average molecular weight is 153 g/mol. The third kappa shape index (κ3) is 7.52. The van der Waals surface area contributed by atoms with Crippen LogP contribution in [0.4, 0.5) is 0 Å². The Balaban J connectivity index is 0. The van der Waals surface area contributed by atoms with Gasteiger partial charge < -0.3 is 11.5 Å². The predicted octanol–water partition coefficient (Wildman–Crippen LogP) is -0.753. The van der Waals surface area contributed by atoms with Gasteiger partial charge in [0.05, 0.1) is 0 Å². The summed E-state index contributed by atoms with van der Waals surface area (Å²) in [5, 5.41) is 2.85. The maximum atomic E-state index is 5.06. The summed E-state index contributed by atoms with van der Waals surface area (Å²) in [4.78, 5) is 3.76. The Morgan fingerprint density at radius 1 is 1.56 bits per heavy atom. The van der Waals surface area contributed by atoms with Gasteiger partial charge in [-0.3, -0.25) is 5.32 Å². The standard InChI is InChI=1S/C4H12N4.ClH/c1-3(7-2)8-4(5)6;/h3,7H,1-2H3,(H4,5,6,8);1H. The van der Waals surface area contributed by atoms with Crippen molar-refractivity contribution < 1.29 is 0 Å². The highest BCUT2D eigenvalue weighted by Gasteiger charge is 1.89. The lowest BCUT2D eigenvalue weighted by Gasteiger charge is -2.01. The zero-order chi connectivity index (χ0) is 6.57. The molecule has 0 fully saturated rings. The SMILES string of the molecule is CNC(C)N=C(N)N.Cl. The molecule has 0 rings (SSSR count). The van der Waals surface area contributed by atoms with E-state index in [1.165, 1.54) is 0 Å². The molecule has 0 aromatic carbocycles. The lowest BCUT2D eigenvalue weighted by atomic mass is 10.6. The van der Waals surface area contributed by atoms with Crippen LogP contribution >= 0.6 is 12.4 Å². The summed E-state index contributed by atoms with van der Waals surface area (Å²) in [5.74, 6) is 0.117. The van der Waals surface area contributed by atoms with Crippen molar-refractivity contribution in [1.29, 1.82) is 0 Å². The zero-order valence-corrected chi connectivity index (χ0v) is 6.40. The summed E-state index contributed by atoms with van der Waals surface area (Å²) in [5.41, 5.74) is 10.1. The van der Waals surface area contributed by atoms with Gasteiger partial charge in [-0.1, -0.05) is 0 Å². The largest absolute Gasteiger partial charge is 0.370 e. The Morgan fingerprint density at radius 2 is 2.00 bits per heavy atom. The second-order valence-corrected chi connectivity index (χ2v) is 1.52. The van der Waals surface area contributed by atoms with Crippen LogP contribution in [-0.4, -0.2) is 19.2 Å². The molecule has 0 heterocycles. The maximum absolute atomic E-state index is 5.06. The number of guanidine groups is 1. The number of hydrogen-bond acceptors (Lipinski definition) is 2. The Kier molecular flexibility index (Phi) is 7.12. The topological polar surface area (TPSA) is 76.4 Å². The highest BCUT2D eigenvalue weighted by molar-refractivity contribution is 5.85. The van der Waals surface area contributed by atoms with Gasteiger partial charge in [0, 0.05) is 0 Å². The Labute approximate surface area is 61.1 Å². The predicted molar refractivity (Wildman–Crippen MR) is 41.6 cm³/mol. The molecule has 0 aromatic rings. The van der Waals surface area contributed by atoms with E-state index in [1.54, 1.807) is 7.05 Å². The van der Waals surface area contributed by atoms with E-state index in [4.69, 9.17) is 11.5 Å². The molecule has 0 radical (unpaired) electrons. The molecule has 0 saturated carbocycles. The van der Waals surface area contributed by atoms with Gasteiger partial charge in [0.25, 0.3) is 0 Å². The lowest BCUT2D eigenvalue weighted by Crippen LogP contribution is -2.29. The summed E-state index contributed by atoms with van der Waals surface area (Å²) >= 11 is 0. The maximum Gasteiger partial charge on any atom is 0.187 e. The van der Waals surface area contributed by atoms with Gasteiger partial charge in [-0.2, -0.15) is 0 Å². The van der Waals surface area contributed by atoms with Gasteiger partial charge in [-0.15, -0.1) is 12.4 Å². The van der Waals surface area contributed by atoms with Crippen LogP contribution in [0.1, 0.15) is 6.92 Å². The first-order chi connectivity index (χ1) is 3.66. The molecule has 1 unspecified atom stereocenters. The van der Waals surface area contributed by atoms with Gasteiger partial charge in [0.1, 0.15) is 6.17 Å². The molecule has 0 spiro atoms. The number of nitrogens with zero attached hydrogens (tertiary/aromatic N) is 1. The number of nitrogens with one attached hydrogen (secondary N) is 1. The third-order valence-electron chi connectivity index (χ3n) is 0.760. The number of rotatable bonds is 2.